The van der Waals surface area contributed by atoms with Gasteiger partial charge in [0.15, 0.2) is 0 Å². The van der Waals surface area contributed by atoms with E-state index in [1.807, 2.05) is 84.9 Å². The molecule has 0 spiro atoms. The Morgan fingerprint density at radius 3 is 1.35 bits per heavy atom. The molecule has 9 rings (SSSR count). The zero-order valence-electron chi connectivity index (χ0n) is 35.4. The topological polar surface area (TPSA) is 90.7 Å². The molecule has 0 saturated carbocycles. The van der Waals surface area contributed by atoms with Gasteiger partial charge in [-0.3, -0.25) is 9.97 Å². The fraction of sp³-hybridized carbons (Fsp3) is 0.0800. The molecule has 0 radical (unpaired) electrons. The smallest absolute Gasteiger partial charge is 1.00 e. The SMILES string of the molecule is C.Fc1ccc(CBr)cc1.Fc1ccc(CN(Cc2ccc(F)cc2)c2cc(-c3ccccn3)nn2-c2ccccc2Cl)cc1.Nc1cc(-c2ccccn2)nn1-c1ccccc1Cl.[H-].[Na+]. The molecular weight excluding hydrogens is 943 g/mol. The van der Waals surface area contributed by atoms with Crippen molar-refractivity contribution in [1.29, 1.82) is 0 Å². The van der Waals surface area contributed by atoms with Crippen LogP contribution in [0.15, 0.2) is 182 Å². The number of halogens is 6. The van der Waals surface area contributed by atoms with Crippen molar-refractivity contribution in [3.05, 3.63) is 226 Å². The summed E-state index contributed by atoms with van der Waals surface area (Å²) in [6.45, 7) is 0.935. The third-order valence-electron chi connectivity index (χ3n) is 9.41. The van der Waals surface area contributed by atoms with Crippen molar-refractivity contribution in [1.82, 2.24) is 29.5 Å². The first-order valence-electron chi connectivity index (χ1n) is 19.5. The summed E-state index contributed by atoms with van der Waals surface area (Å²) in [5.41, 5.74) is 13.3. The predicted octanol–water partition coefficient (Wildman–Crippen LogP) is 10.7. The van der Waals surface area contributed by atoms with E-state index in [-0.39, 0.29) is 55.9 Å². The van der Waals surface area contributed by atoms with Crippen LogP contribution in [0.25, 0.3) is 34.2 Å². The van der Waals surface area contributed by atoms with E-state index in [0.717, 1.165) is 56.3 Å². The Kier molecular flexibility index (Phi) is 19.0. The number of hydrogen-bond donors (Lipinski definition) is 1. The molecule has 0 aliphatic rings. The average molecular weight is 987 g/mol. The Morgan fingerprint density at radius 1 is 0.523 bits per heavy atom. The summed E-state index contributed by atoms with van der Waals surface area (Å²) in [7, 11) is 0. The van der Waals surface area contributed by atoms with Crippen LogP contribution in [-0.4, -0.2) is 29.5 Å². The van der Waals surface area contributed by atoms with Crippen LogP contribution in [0.4, 0.5) is 24.8 Å². The maximum absolute atomic E-state index is 13.6. The Balaban J connectivity index is 0.000000257. The molecule has 5 aromatic carbocycles. The molecule has 0 atom stereocenters. The standard InChI is InChI=1S/C28H21ClF2N4.C14H11ClN4.C7H6BrF.CH4.Na.H/c29-24-5-1-2-7-27(24)35-28(17-26(33-35)25-6-3-4-16-32-25)34(18-20-8-12-22(30)13-9-20)19-21-10-14-23(31)15-11-21;15-10-5-1-2-7-13(10)19-14(16)9-12(18-19)11-6-3-4-8-17-11;8-5-6-1-3-7(9)4-2-6;;;/h1-17H,18-19H2;1-9H,16H2;1-4H,5H2;1H4;;/q;;;;+1;-1. The van der Waals surface area contributed by atoms with E-state index in [4.69, 9.17) is 34.0 Å². The van der Waals surface area contributed by atoms with Crippen molar-refractivity contribution in [3.8, 4) is 34.2 Å². The Bertz CT molecular complexity index is 2810. The minimum absolute atomic E-state index is 0. The zero-order chi connectivity index (χ0) is 44.1. The van der Waals surface area contributed by atoms with E-state index in [1.54, 1.807) is 70.3 Å². The number of nitrogens with two attached hydrogens (primary N) is 1. The van der Waals surface area contributed by atoms with Crippen LogP contribution in [0.1, 0.15) is 25.5 Å². The largest absolute Gasteiger partial charge is 1.00 e. The van der Waals surface area contributed by atoms with E-state index in [1.165, 1.54) is 36.4 Å². The number of aromatic nitrogens is 6. The Labute approximate surface area is 418 Å². The van der Waals surface area contributed by atoms with Crippen LogP contribution in [0.2, 0.25) is 10.0 Å². The van der Waals surface area contributed by atoms with Crippen molar-refractivity contribution in [2.75, 3.05) is 10.6 Å². The summed E-state index contributed by atoms with van der Waals surface area (Å²) in [4.78, 5) is 10.8. The number of alkyl halides is 1. The maximum Gasteiger partial charge on any atom is 1.00 e. The molecule has 0 unspecified atom stereocenters. The molecule has 65 heavy (non-hydrogen) atoms. The second kappa shape index (κ2) is 24.5. The predicted molar refractivity (Wildman–Crippen MR) is 258 cm³/mol. The van der Waals surface area contributed by atoms with Crippen molar-refractivity contribution in [2.45, 2.75) is 25.8 Å². The first kappa shape index (κ1) is 50.3. The zero-order valence-corrected chi connectivity index (χ0v) is 39.5. The Morgan fingerprint density at radius 2 is 0.923 bits per heavy atom. The molecule has 0 fully saturated rings. The molecule has 0 aliphatic carbocycles. The van der Waals surface area contributed by atoms with Crippen molar-refractivity contribution in [3.63, 3.8) is 0 Å². The molecule has 0 saturated heterocycles. The van der Waals surface area contributed by atoms with Gasteiger partial charge in [-0.25, -0.2) is 22.5 Å². The van der Waals surface area contributed by atoms with Crippen LogP contribution < -0.4 is 40.2 Å². The van der Waals surface area contributed by atoms with Gasteiger partial charge in [-0.05, 0) is 102 Å². The van der Waals surface area contributed by atoms with Gasteiger partial charge in [-0.1, -0.05) is 119 Å². The summed E-state index contributed by atoms with van der Waals surface area (Å²) in [5, 5.41) is 11.2. The van der Waals surface area contributed by atoms with Crippen LogP contribution >= 0.6 is 39.1 Å². The van der Waals surface area contributed by atoms with Gasteiger partial charge in [0.05, 0.1) is 32.8 Å². The Hall–Kier alpha value is -5.73. The molecule has 8 nitrogen and oxygen atoms in total. The minimum Gasteiger partial charge on any atom is -1.00 e. The molecule has 4 heterocycles. The fourth-order valence-electron chi connectivity index (χ4n) is 6.30. The van der Waals surface area contributed by atoms with E-state index < -0.39 is 0 Å². The number of nitrogens with zero attached hydrogens (tertiary/aromatic N) is 7. The fourth-order valence-corrected chi connectivity index (χ4v) is 7.11. The van der Waals surface area contributed by atoms with Gasteiger partial charge < -0.3 is 12.1 Å². The summed E-state index contributed by atoms with van der Waals surface area (Å²) in [5.74, 6) is 0.524. The van der Waals surface area contributed by atoms with Crippen LogP contribution in [0.5, 0.6) is 0 Å². The quantitative estimate of drug-likeness (QED) is 0.108. The van der Waals surface area contributed by atoms with Crippen LogP contribution in [0, 0.1) is 17.5 Å². The first-order chi connectivity index (χ1) is 30.6. The molecule has 326 valence electrons. The van der Waals surface area contributed by atoms with Gasteiger partial charge in [0.25, 0.3) is 0 Å². The average Bonchev–Trinajstić information content (AvgIpc) is 3.93. The van der Waals surface area contributed by atoms with Gasteiger partial charge >= 0.3 is 29.6 Å². The molecule has 2 N–H and O–H groups in total. The molecule has 9 aromatic rings. The molecule has 0 bridgehead atoms. The number of pyridine rings is 2. The normalized spacial score (nSPS) is 10.3. The minimum atomic E-state index is -0.294. The number of anilines is 2. The van der Waals surface area contributed by atoms with Crippen molar-refractivity contribution >= 4 is 50.8 Å². The summed E-state index contributed by atoms with van der Waals surface area (Å²) in [6.07, 6.45) is 3.44. The van der Waals surface area contributed by atoms with Gasteiger partial charge in [-0.15, -0.1) is 0 Å². The van der Waals surface area contributed by atoms with Crippen molar-refractivity contribution < 1.29 is 44.2 Å². The monoisotopic (exact) mass is 984 g/mol. The first-order valence-corrected chi connectivity index (χ1v) is 21.4. The van der Waals surface area contributed by atoms with Gasteiger partial charge in [0, 0.05) is 42.9 Å². The van der Waals surface area contributed by atoms with E-state index >= 15 is 0 Å². The molecule has 0 amide bonds. The van der Waals surface area contributed by atoms with Crippen LogP contribution in [-0.2, 0) is 18.4 Å². The van der Waals surface area contributed by atoms with Gasteiger partial charge in [0.1, 0.15) is 40.5 Å². The number of nitrogen functional groups attached to an aromatic ring is 1. The van der Waals surface area contributed by atoms with E-state index in [2.05, 4.69) is 35.9 Å². The maximum atomic E-state index is 13.6. The summed E-state index contributed by atoms with van der Waals surface area (Å²) in [6, 6.07) is 49.2. The van der Waals surface area contributed by atoms with Crippen LogP contribution in [0.3, 0.4) is 0 Å². The number of para-hydroxylation sites is 2. The third-order valence-corrected chi connectivity index (χ3v) is 10.7. The molecule has 15 heteroatoms. The third kappa shape index (κ3) is 13.6. The number of benzene rings is 5. The summed E-state index contributed by atoms with van der Waals surface area (Å²) < 4.78 is 42.8. The van der Waals surface area contributed by atoms with Gasteiger partial charge in [-0.2, -0.15) is 10.2 Å². The summed E-state index contributed by atoms with van der Waals surface area (Å²) >= 11 is 16.0. The van der Waals surface area contributed by atoms with Gasteiger partial charge in [0.2, 0.25) is 0 Å². The molecule has 0 aliphatic heterocycles. The molecular formula is C50H43BrCl2F3N8Na. The molecule has 4 aromatic heterocycles. The van der Waals surface area contributed by atoms with Crippen molar-refractivity contribution in [2.24, 2.45) is 0 Å². The van der Waals surface area contributed by atoms with E-state index in [9.17, 15) is 13.2 Å². The number of rotatable bonds is 10. The van der Waals surface area contributed by atoms with E-state index in [0.29, 0.717) is 34.6 Å². The second-order valence-electron chi connectivity index (χ2n) is 13.9. The number of hydrogen-bond acceptors (Lipinski definition) is 6. The second-order valence-corrected chi connectivity index (χ2v) is 15.2.